The van der Waals surface area contributed by atoms with Crippen LogP contribution in [0.3, 0.4) is 0 Å². The number of carbonyl (C=O) groups excluding carboxylic acids is 1. The second kappa shape index (κ2) is 4.80. The van der Waals surface area contributed by atoms with Gasteiger partial charge in [0.05, 0.1) is 0 Å². The van der Waals surface area contributed by atoms with Crippen molar-refractivity contribution < 1.29 is 9.53 Å². The molecule has 0 aromatic carbocycles. The Kier molecular flexibility index (Phi) is 3.49. The van der Waals surface area contributed by atoms with Crippen molar-refractivity contribution in [3.8, 4) is 0 Å². The van der Waals surface area contributed by atoms with Gasteiger partial charge in [-0.3, -0.25) is 4.79 Å². The van der Waals surface area contributed by atoms with Gasteiger partial charge in [0.25, 0.3) is 0 Å². The minimum atomic E-state index is -0.580. The average molecular weight is 328 g/mol. The first-order valence-electron chi connectivity index (χ1n) is 5.73. The fraction of sp³-hybridized carbons (Fsp3) is 0.417. The maximum atomic E-state index is 12.0. The summed E-state index contributed by atoms with van der Waals surface area (Å²) < 4.78 is 8.38. The molecule has 7 heteroatoms. The van der Waals surface area contributed by atoms with Crippen molar-refractivity contribution in [3.05, 3.63) is 33.3 Å². The second-order valence-corrected chi connectivity index (χ2v) is 6.02. The third-order valence-corrected chi connectivity index (χ3v) is 2.71. The first-order valence-corrected chi connectivity index (χ1v) is 6.52. The molecule has 6 nitrogen and oxygen atoms in total. The monoisotopic (exact) mass is 327 g/mol. The van der Waals surface area contributed by atoms with E-state index in [-0.39, 0.29) is 12.2 Å². The summed E-state index contributed by atoms with van der Waals surface area (Å²) in [6, 6.07) is 3.47. The van der Waals surface area contributed by atoms with Crippen LogP contribution in [-0.2, 0) is 16.1 Å². The summed E-state index contributed by atoms with van der Waals surface area (Å²) in [6.45, 7) is 5.12. The smallest absolute Gasteiger partial charge is 0.350 e. The summed E-state index contributed by atoms with van der Waals surface area (Å²) in [5.74, 6) is -0.489. The van der Waals surface area contributed by atoms with Crippen molar-refractivity contribution >= 4 is 27.5 Å². The van der Waals surface area contributed by atoms with Gasteiger partial charge < -0.3 is 4.74 Å². The fourth-order valence-electron chi connectivity index (χ4n) is 1.59. The van der Waals surface area contributed by atoms with Gasteiger partial charge in [-0.05, 0) is 48.8 Å². The van der Waals surface area contributed by atoms with E-state index >= 15 is 0 Å². The lowest BCUT2D eigenvalue weighted by Crippen LogP contribution is -2.30. The molecule has 0 spiro atoms. The second-order valence-electron chi connectivity index (χ2n) is 5.10. The van der Waals surface area contributed by atoms with Crippen molar-refractivity contribution in [2.75, 3.05) is 0 Å². The van der Waals surface area contributed by atoms with E-state index in [1.807, 2.05) is 0 Å². The Balaban J connectivity index is 2.29. The molecule has 0 saturated carbocycles. The van der Waals surface area contributed by atoms with E-state index in [1.54, 1.807) is 39.1 Å². The van der Waals surface area contributed by atoms with E-state index in [4.69, 9.17) is 4.74 Å². The Labute approximate surface area is 118 Å². The zero-order valence-corrected chi connectivity index (χ0v) is 12.5. The van der Waals surface area contributed by atoms with E-state index in [2.05, 4.69) is 21.0 Å². The van der Waals surface area contributed by atoms with Gasteiger partial charge in [-0.1, -0.05) is 0 Å². The largest absolute Gasteiger partial charge is 0.459 e. The molecule has 0 bridgehead atoms. The van der Waals surface area contributed by atoms with Crippen molar-refractivity contribution in [1.82, 2.24) is 14.2 Å². The molecule has 2 aromatic rings. The number of ether oxygens (including phenoxy) is 1. The molecule has 0 fully saturated rings. The Morgan fingerprint density at radius 2 is 2.11 bits per heavy atom. The quantitative estimate of drug-likeness (QED) is 0.786. The minimum Gasteiger partial charge on any atom is -0.459 e. The Bertz CT molecular complexity index is 682. The summed E-state index contributed by atoms with van der Waals surface area (Å²) >= 11 is 3.28. The third-order valence-electron chi connectivity index (χ3n) is 2.24. The van der Waals surface area contributed by atoms with Gasteiger partial charge in [0, 0.05) is 10.7 Å². The predicted octanol–water partition coefficient (Wildman–Crippen LogP) is 1.60. The van der Waals surface area contributed by atoms with Crippen LogP contribution < -0.4 is 5.69 Å². The number of aromatic nitrogens is 3. The normalized spacial score (nSPS) is 11.8. The molecular weight excluding hydrogens is 314 g/mol. The molecule has 2 rings (SSSR count). The topological polar surface area (TPSA) is 65.6 Å². The van der Waals surface area contributed by atoms with Crippen LogP contribution in [-0.4, -0.2) is 25.8 Å². The SMILES string of the molecule is CC(C)(C)OC(=O)Cn1nc2ccc(Br)cn2c1=O. The van der Waals surface area contributed by atoms with Crippen LogP contribution in [0.1, 0.15) is 20.8 Å². The number of fused-ring (bicyclic) bond motifs is 1. The summed E-state index contributed by atoms with van der Waals surface area (Å²) in [4.78, 5) is 23.7. The molecule has 2 heterocycles. The number of halogens is 1. The van der Waals surface area contributed by atoms with Crippen LogP contribution in [0.2, 0.25) is 0 Å². The van der Waals surface area contributed by atoms with Gasteiger partial charge in [-0.25, -0.2) is 13.9 Å². The number of carbonyl (C=O) groups is 1. The van der Waals surface area contributed by atoms with Crippen LogP contribution in [0.25, 0.3) is 5.65 Å². The van der Waals surface area contributed by atoms with Crippen LogP contribution >= 0.6 is 15.9 Å². The molecule has 19 heavy (non-hydrogen) atoms. The van der Waals surface area contributed by atoms with Crippen LogP contribution in [0.5, 0.6) is 0 Å². The summed E-state index contributed by atoms with van der Waals surface area (Å²) in [5.41, 5.74) is -0.470. The molecular formula is C12H14BrN3O3. The van der Waals surface area contributed by atoms with E-state index in [1.165, 1.54) is 4.40 Å². The highest BCUT2D eigenvalue weighted by Gasteiger charge is 2.18. The van der Waals surface area contributed by atoms with Gasteiger partial charge in [-0.15, -0.1) is 5.10 Å². The first-order chi connectivity index (χ1) is 8.76. The molecule has 0 aliphatic rings. The molecule has 0 aliphatic carbocycles. The fourth-order valence-corrected chi connectivity index (χ4v) is 1.93. The average Bonchev–Trinajstić information content (AvgIpc) is 2.54. The number of hydrogen-bond donors (Lipinski definition) is 0. The van der Waals surface area contributed by atoms with E-state index < -0.39 is 11.6 Å². The number of hydrogen-bond acceptors (Lipinski definition) is 4. The van der Waals surface area contributed by atoms with E-state index in [9.17, 15) is 9.59 Å². The van der Waals surface area contributed by atoms with Crippen LogP contribution in [0.15, 0.2) is 27.6 Å². The molecule has 0 aliphatic heterocycles. The Morgan fingerprint density at radius 3 is 2.74 bits per heavy atom. The van der Waals surface area contributed by atoms with E-state index in [0.29, 0.717) is 5.65 Å². The highest BCUT2D eigenvalue weighted by molar-refractivity contribution is 9.10. The first kappa shape index (κ1) is 13.8. The number of esters is 1. The Hall–Kier alpha value is -1.63. The zero-order chi connectivity index (χ0) is 14.2. The maximum Gasteiger partial charge on any atom is 0.350 e. The number of rotatable bonds is 2. The van der Waals surface area contributed by atoms with Gasteiger partial charge in [0.15, 0.2) is 5.65 Å². The van der Waals surface area contributed by atoms with Crippen LogP contribution in [0, 0.1) is 0 Å². The molecule has 0 amide bonds. The van der Waals surface area contributed by atoms with Crippen molar-refractivity contribution in [2.24, 2.45) is 0 Å². The maximum absolute atomic E-state index is 12.0. The third kappa shape index (κ3) is 3.23. The van der Waals surface area contributed by atoms with E-state index in [0.717, 1.165) is 9.15 Å². The lowest BCUT2D eigenvalue weighted by atomic mass is 10.2. The lowest BCUT2D eigenvalue weighted by molar-refractivity contribution is -0.155. The summed E-state index contributed by atoms with van der Waals surface area (Å²) in [5, 5.41) is 4.07. The van der Waals surface area contributed by atoms with Crippen molar-refractivity contribution in [3.63, 3.8) is 0 Å². The Morgan fingerprint density at radius 1 is 1.42 bits per heavy atom. The zero-order valence-electron chi connectivity index (χ0n) is 10.9. The van der Waals surface area contributed by atoms with Gasteiger partial charge in [0.2, 0.25) is 0 Å². The van der Waals surface area contributed by atoms with Gasteiger partial charge >= 0.3 is 11.7 Å². The predicted molar refractivity (Wildman–Crippen MR) is 73.0 cm³/mol. The lowest BCUT2D eigenvalue weighted by Gasteiger charge is -2.19. The molecule has 0 unspecified atom stereocenters. The minimum absolute atomic E-state index is 0.199. The van der Waals surface area contributed by atoms with Gasteiger partial charge in [0.1, 0.15) is 12.1 Å². The molecule has 2 aromatic heterocycles. The molecule has 0 radical (unpaired) electrons. The standard InChI is InChI=1S/C12H14BrN3O3/c1-12(2,3)19-10(17)7-16-11(18)15-6-8(13)4-5-9(15)14-16/h4-6H,7H2,1-3H3. The van der Waals surface area contributed by atoms with Crippen LogP contribution in [0.4, 0.5) is 0 Å². The highest BCUT2D eigenvalue weighted by atomic mass is 79.9. The summed E-state index contributed by atoms with van der Waals surface area (Å²) in [7, 11) is 0. The van der Waals surface area contributed by atoms with Gasteiger partial charge in [-0.2, -0.15) is 0 Å². The highest BCUT2D eigenvalue weighted by Crippen LogP contribution is 2.10. The number of nitrogens with zero attached hydrogens (tertiary/aromatic N) is 3. The van der Waals surface area contributed by atoms with Crippen molar-refractivity contribution in [1.29, 1.82) is 0 Å². The summed E-state index contributed by atoms with van der Waals surface area (Å²) in [6.07, 6.45) is 1.61. The molecule has 0 N–H and O–H groups in total. The van der Waals surface area contributed by atoms with Crippen molar-refractivity contribution in [2.45, 2.75) is 32.9 Å². The molecule has 0 saturated heterocycles. The molecule has 0 atom stereocenters. The number of pyridine rings is 1. The molecule has 102 valence electrons.